The fraction of sp³-hybridized carbons (Fsp3) is 0.682. The molecule has 30 heavy (non-hydrogen) atoms. The lowest BCUT2D eigenvalue weighted by atomic mass is 9.79. The summed E-state index contributed by atoms with van der Waals surface area (Å²) < 4.78 is 43.6. The zero-order chi connectivity index (χ0) is 21.1. The highest BCUT2D eigenvalue weighted by molar-refractivity contribution is 7.93. The van der Waals surface area contributed by atoms with Crippen molar-refractivity contribution in [3.63, 3.8) is 0 Å². The lowest BCUT2D eigenvalue weighted by molar-refractivity contribution is 0.224. The molecule has 0 amide bonds. The van der Waals surface area contributed by atoms with Crippen molar-refractivity contribution in [2.45, 2.75) is 75.4 Å². The van der Waals surface area contributed by atoms with Crippen molar-refractivity contribution in [2.75, 3.05) is 13.1 Å². The Bertz CT molecular complexity index is 1010. The number of sulfonamides is 1. The maximum atomic E-state index is 13.8. The van der Waals surface area contributed by atoms with Crippen molar-refractivity contribution < 1.29 is 12.8 Å². The van der Waals surface area contributed by atoms with Crippen molar-refractivity contribution in [3.05, 3.63) is 34.2 Å². The lowest BCUT2D eigenvalue weighted by Crippen LogP contribution is -2.53. The fourth-order valence-electron chi connectivity index (χ4n) is 6.34. The molecule has 5 rings (SSSR count). The van der Waals surface area contributed by atoms with Gasteiger partial charge in [-0.25, -0.2) is 17.5 Å². The smallest absolute Gasteiger partial charge is 0.237 e. The van der Waals surface area contributed by atoms with Crippen LogP contribution < -0.4 is 10.0 Å². The summed E-state index contributed by atoms with van der Waals surface area (Å²) in [6.45, 7) is 3.26. The second kappa shape index (κ2) is 6.91. The molecule has 2 heterocycles. The Balaban J connectivity index is 1.53. The number of fused-ring (bicyclic) bond motifs is 3. The molecule has 6 nitrogen and oxygen atoms in total. The summed E-state index contributed by atoms with van der Waals surface area (Å²) in [6, 6.07) is 2.29. The van der Waals surface area contributed by atoms with Gasteiger partial charge in [0.2, 0.25) is 10.0 Å². The van der Waals surface area contributed by atoms with Gasteiger partial charge < -0.3 is 10.2 Å². The summed E-state index contributed by atoms with van der Waals surface area (Å²) in [5, 5.41) is 13.3. The van der Waals surface area contributed by atoms with Gasteiger partial charge in [-0.15, -0.1) is 0 Å². The van der Waals surface area contributed by atoms with Gasteiger partial charge in [0.15, 0.2) is 0 Å². The van der Waals surface area contributed by atoms with Gasteiger partial charge in [0, 0.05) is 30.2 Å². The van der Waals surface area contributed by atoms with Crippen LogP contribution in [0, 0.1) is 17.2 Å². The summed E-state index contributed by atoms with van der Waals surface area (Å²) in [6.07, 6.45) is 9.08. The molecule has 3 aliphatic carbocycles. The van der Waals surface area contributed by atoms with Gasteiger partial charge in [-0.3, -0.25) is 0 Å². The van der Waals surface area contributed by atoms with Crippen LogP contribution in [0.25, 0.3) is 0 Å². The van der Waals surface area contributed by atoms with Crippen molar-refractivity contribution in [2.24, 2.45) is 5.92 Å². The first-order chi connectivity index (χ1) is 14.3. The van der Waals surface area contributed by atoms with E-state index in [4.69, 9.17) is 0 Å². The van der Waals surface area contributed by atoms with E-state index in [0.717, 1.165) is 57.2 Å². The van der Waals surface area contributed by atoms with Crippen LogP contribution in [0.4, 0.5) is 4.39 Å². The number of nitrogens with one attached hydrogen (secondary N) is 2. The van der Waals surface area contributed by atoms with Gasteiger partial charge in [-0.2, -0.15) is 5.26 Å². The van der Waals surface area contributed by atoms with Gasteiger partial charge in [0.05, 0.1) is 16.5 Å². The van der Waals surface area contributed by atoms with E-state index in [9.17, 15) is 18.1 Å². The van der Waals surface area contributed by atoms with Crippen LogP contribution in [0.2, 0.25) is 0 Å². The Labute approximate surface area is 177 Å². The van der Waals surface area contributed by atoms with E-state index in [1.165, 1.54) is 17.7 Å². The molecule has 5 aliphatic rings. The largest absolute Gasteiger partial charge is 0.358 e. The molecule has 3 bridgehead atoms. The molecular formula is C22H29FN4O2S. The Morgan fingerprint density at radius 1 is 1.33 bits per heavy atom. The Hall–Kier alpha value is -1.69. The van der Waals surface area contributed by atoms with Crippen LogP contribution in [-0.4, -0.2) is 43.5 Å². The molecule has 1 spiro atoms. The number of nitriles is 1. The molecular weight excluding hydrogens is 403 g/mol. The van der Waals surface area contributed by atoms with Crippen molar-refractivity contribution >= 4 is 10.0 Å². The number of hydrogen-bond acceptors (Lipinski definition) is 5. The highest BCUT2D eigenvalue weighted by Crippen LogP contribution is 2.55. The van der Waals surface area contributed by atoms with E-state index in [1.807, 2.05) is 0 Å². The number of nitrogens with zero attached hydrogens (tertiary/aromatic N) is 2. The highest BCUT2D eigenvalue weighted by Gasteiger charge is 2.59. The molecule has 0 aromatic carbocycles. The fourth-order valence-corrected chi connectivity index (χ4v) is 8.00. The molecule has 8 heteroatoms. The minimum absolute atomic E-state index is 0.0539. The molecule has 2 aliphatic heterocycles. The molecule has 3 fully saturated rings. The van der Waals surface area contributed by atoms with Crippen LogP contribution >= 0.6 is 0 Å². The van der Waals surface area contributed by atoms with Crippen LogP contribution in [0.5, 0.6) is 0 Å². The molecule has 3 unspecified atom stereocenters. The van der Waals surface area contributed by atoms with Crippen LogP contribution in [0.15, 0.2) is 34.2 Å². The summed E-state index contributed by atoms with van der Waals surface area (Å²) in [5.41, 5.74) is 1.63. The monoisotopic (exact) mass is 432 g/mol. The van der Waals surface area contributed by atoms with Gasteiger partial charge in [0.1, 0.15) is 11.9 Å². The van der Waals surface area contributed by atoms with Crippen molar-refractivity contribution in [1.82, 2.24) is 14.9 Å². The number of likely N-dealkylation sites (tertiary alicyclic amines) is 1. The summed E-state index contributed by atoms with van der Waals surface area (Å²) in [5.74, 6) is -0.691. The molecule has 4 atom stereocenters. The average Bonchev–Trinajstić information content (AvgIpc) is 3.23. The second-order valence-corrected chi connectivity index (χ2v) is 11.5. The molecule has 2 saturated carbocycles. The minimum Gasteiger partial charge on any atom is -0.358 e. The molecule has 0 aromatic rings. The van der Waals surface area contributed by atoms with Crippen molar-refractivity contribution in [3.8, 4) is 6.07 Å². The Morgan fingerprint density at radius 2 is 2.17 bits per heavy atom. The first-order valence-electron chi connectivity index (χ1n) is 11.0. The topological polar surface area (TPSA) is 85.2 Å². The van der Waals surface area contributed by atoms with Gasteiger partial charge in [0.25, 0.3) is 0 Å². The molecule has 1 saturated heterocycles. The molecule has 0 aromatic heterocycles. The first kappa shape index (κ1) is 20.2. The number of allylic oxidation sites excluding steroid dienone is 4. The third-order valence-corrected chi connectivity index (χ3v) is 9.45. The minimum atomic E-state index is -3.74. The summed E-state index contributed by atoms with van der Waals surface area (Å²) >= 11 is 0. The molecule has 0 radical (unpaired) electrons. The average molecular weight is 433 g/mol. The molecule has 162 valence electrons. The predicted molar refractivity (Wildman–Crippen MR) is 112 cm³/mol. The Kier molecular flexibility index (Phi) is 4.66. The van der Waals surface area contributed by atoms with E-state index < -0.39 is 21.5 Å². The van der Waals surface area contributed by atoms with Crippen LogP contribution in [0.1, 0.15) is 58.3 Å². The lowest BCUT2D eigenvalue weighted by Gasteiger charge is -2.39. The van der Waals surface area contributed by atoms with E-state index >= 15 is 0 Å². The number of hydrogen-bond donors (Lipinski definition) is 2. The van der Waals surface area contributed by atoms with E-state index in [1.54, 1.807) is 6.92 Å². The van der Waals surface area contributed by atoms with E-state index in [-0.39, 0.29) is 28.7 Å². The van der Waals surface area contributed by atoms with Crippen LogP contribution in [-0.2, 0) is 10.0 Å². The first-order valence-corrected chi connectivity index (χ1v) is 12.5. The SMILES string of the molecule is CC1CC(S(=O)(=O)NC23CCCC4(CC2=C(N2CCC[C@H]2C#N)CN4)C3)=CC=C1F. The van der Waals surface area contributed by atoms with Crippen LogP contribution in [0.3, 0.4) is 0 Å². The highest BCUT2D eigenvalue weighted by atomic mass is 32.2. The summed E-state index contributed by atoms with van der Waals surface area (Å²) in [4.78, 5) is 2.46. The van der Waals surface area contributed by atoms with Crippen molar-refractivity contribution in [1.29, 1.82) is 5.26 Å². The Morgan fingerprint density at radius 3 is 2.93 bits per heavy atom. The quantitative estimate of drug-likeness (QED) is 0.713. The van der Waals surface area contributed by atoms with E-state index in [0.29, 0.717) is 6.54 Å². The normalized spacial score (nSPS) is 38.4. The van der Waals surface area contributed by atoms with Gasteiger partial charge in [-0.05, 0) is 69.1 Å². The van der Waals surface area contributed by atoms with Gasteiger partial charge >= 0.3 is 0 Å². The predicted octanol–water partition coefficient (Wildman–Crippen LogP) is 2.98. The maximum absolute atomic E-state index is 13.8. The second-order valence-electron chi connectivity index (χ2n) is 9.72. The number of rotatable bonds is 4. The number of halogens is 1. The van der Waals surface area contributed by atoms with E-state index in [2.05, 4.69) is 21.0 Å². The third kappa shape index (κ3) is 3.05. The summed E-state index contributed by atoms with van der Waals surface area (Å²) in [7, 11) is -3.74. The van der Waals surface area contributed by atoms with Gasteiger partial charge in [-0.1, -0.05) is 6.92 Å². The standard InChI is InChI=1S/C22H29FN4O2S/c1-15-10-17(5-6-19(15)23)30(28,29)26-22-8-3-7-21(14-22)11-18(22)20(13-25-21)27-9-2-4-16(27)12-24/h5-6,15-16,25-26H,2-4,7-11,13-14H2,1H3/t15?,16-,21?,22?/m0/s1. The molecule has 2 N–H and O–H groups in total. The zero-order valence-corrected chi connectivity index (χ0v) is 18.2. The third-order valence-electron chi connectivity index (χ3n) is 7.80. The maximum Gasteiger partial charge on any atom is 0.237 e. The zero-order valence-electron chi connectivity index (χ0n) is 17.4.